The summed E-state index contributed by atoms with van der Waals surface area (Å²) >= 11 is 0. The highest BCUT2D eigenvalue weighted by Gasteiger charge is 2.20. The highest BCUT2D eigenvalue weighted by atomic mass is 16.4. The molecule has 20 heavy (non-hydrogen) atoms. The Hall–Kier alpha value is -1.47. The maximum absolute atomic E-state index is 10.7. The van der Waals surface area contributed by atoms with Crippen LogP contribution in [0.4, 0.5) is 0 Å². The van der Waals surface area contributed by atoms with Gasteiger partial charge in [-0.2, -0.15) is 0 Å². The Balaban J connectivity index is 1.80. The van der Waals surface area contributed by atoms with Crippen LogP contribution in [0.3, 0.4) is 0 Å². The van der Waals surface area contributed by atoms with Gasteiger partial charge < -0.3 is 15.9 Å². The van der Waals surface area contributed by atoms with Crippen molar-refractivity contribution in [2.45, 2.75) is 57.2 Å². The van der Waals surface area contributed by atoms with Gasteiger partial charge in [0.05, 0.1) is 18.3 Å². The number of nitrogens with zero attached hydrogens (tertiary/aromatic N) is 3. The normalized spacial score (nSPS) is 19.1. The van der Waals surface area contributed by atoms with Crippen molar-refractivity contribution in [3.8, 4) is 0 Å². The van der Waals surface area contributed by atoms with Crippen molar-refractivity contribution in [2.75, 3.05) is 0 Å². The van der Waals surface area contributed by atoms with Gasteiger partial charge in [0.1, 0.15) is 6.04 Å². The zero-order valence-corrected chi connectivity index (χ0v) is 11.5. The van der Waals surface area contributed by atoms with Crippen LogP contribution in [0.1, 0.15) is 37.8 Å². The molecule has 1 fully saturated rings. The van der Waals surface area contributed by atoms with E-state index in [2.05, 4.69) is 10.3 Å². The maximum Gasteiger partial charge on any atom is 0.320 e. The average molecular weight is 282 g/mol. The highest BCUT2D eigenvalue weighted by Crippen LogP contribution is 2.28. The largest absolute Gasteiger partial charge is 0.480 e. The smallest absolute Gasteiger partial charge is 0.320 e. The summed E-state index contributed by atoms with van der Waals surface area (Å²) in [7, 11) is 0. The van der Waals surface area contributed by atoms with Crippen LogP contribution in [0.25, 0.3) is 0 Å². The minimum Gasteiger partial charge on any atom is -0.480 e. The number of hydrogen-bond acceptors (Lipinski definition) is 5. The summed E-state index contributed by atoms with van der Waals surface area (Å²) in [5.74, 6) is -0.436. The SMILES string of the molecule is NC(Cc1cn(CC(O)CC2CCCC2)nn1)C(=O)O. The van der Waals surface area contributed by atoms with Gasteiger partial charge in [0, 0.05) is 12.6 Å². The Bertz CT molecular complexity index is 443. The van der Waals surface area contributed by atoms with Crippen molar-refractivity contribution < 1.29 is 15.0 Å². The van der Waals surface area contributed by atoms with Gasteiger partial charge in [-0.3, -0.25) is 4.79 Å². The van der Waals surface area contributed by atoms with Crippen LogP contribution in [0.15, 0.2) is 6.20 Å². The molecule has 2 unspecified atom stereocenters. The van der Waals surface area contributed by atoms with E-state index < -0.39 is 18.1 Å². The third kappa shape index (κ3) is 4.28. The number of aliphatic carboxylic acids is 1. The molecule has 0 aliphatic heterocycles. The van der Waals surface area contributed by atoms with Crippen LogP contribution in [0.5, 0.6) is 0 Å². The monoisotopic (exact) mass is 282 g/mol. The van der Waals surface area contributed by atoms with E-state index in [1.165, 1.54) is 25.7 Å². The first-order valence-corrected chi connectivity index (χ1v) is 7.10. The van der Waals surface area contributed by atoms with E-state index in [0.717, 1.165) is 6.42 Å². The van der Waals surface area contributed by atoms with Crippen LogP contribution in [0, 0.1) is 5.92 Å². The summed E-state index contributed by atoms with van der Waals surface area (Å²) in [5, 5.41) is 26.6. The standard InChI is InChI=1S/C13H22N4O3/c14-12(13(19)20)6-10-7-17(16-15-10)8-11(18)5-9-3-1-2-4-9/h7,9,11-12,18H,1-6,8,14H2,(H,19,20). The summed E-state index contributed by atoms with van der Waals surface area (Å²) in [6.45, 7) is 0.395. The van der Waals surface area contributed by atoms with Crippen LogP contribution in [-0.2, 0) is 17.8 Å². The third-order valence-corrected chi connectivity index (χ3v) is 3.81. The molecule has 1 aliphatic carbocycles. The number of carbonyl (C=O) groups is 1. The zero-order chi connectivity index (χ0) is 14.5. The summed E-state index contributed by atoms with van der Waals surface area (Å²) in [4.78, 5) is 10.7. The minimum atomic E-state index is -1.05. The van der Waals surface area contributed by atoms with E-state index in [1.807, 2.05) is 0 Å². The lowest BCUT2D eigenvalue weighted by Crippen LogP contribution is -2.32. The van der Waals surface area contributed by atoms with E-state index in [0.29, 0.717) is 18.2 Å². The fraction of sp³-hybridized carbons (Fsp3) is 0.769. The van der Waals surface area contributed by atoms with Gasteiger partial charge in [-0.25, -0.2) is 4.68 Å². The molecule has 1 aliphatic rings. The molecule has 2 atom stereocenters. The molecule has 0 radical (unpaired) electrons. The van der Waals surface area contributed by atoms with Crippen LogP contribution in [0.2, 0.25) is 0 Å². The topological polar surface area (TPSA) is 114 Å². The number of aliphatic hydroxyl groups is 1. The summed E-state index contributed by atoms with van der Waals surface area (Å²) in [5.41, 5.74) is 5.98. The molecule has 1 aromatic heterocycles. The van der Waals surface area contributed by atoms with Crippen LogP contribution in [-0.4, -0.2) is 43.3 Å². The number of carboxylic acids is 1. The molecule has 0 bridgehead atoms. The molecular formula is C13H22N4O3. The van der Waals surface area contributed by atoms with Crippen LogP contribution >= 0.6 is 0 Å². The van der Waals surface area contributed by atoms with E-state index >= 15 is 0 Å². The molecule has 0 saturated heterocycles. The molecule has 2 rings (SSSR count). The fourth-order valence-electron chi connectivity index (χ4n) is 2.76. The fourth-order valence-corrected chi connectivity index (χ4v) is 2.76. The Labute approximate surface area is 117 Å². The lowest BCUT2D eigenvalue weighted by Gasteiger charge is -2.14. The Kier molecular flexibility index (Phi) is 5.08. The summed E-state index contributed by atoms with van der Waals surface area (Å²) in [6.07, 6.45) is 7.09. The molecule has 112 valence electrons. The van der Waals surface area contributed by atoms with E-state index in [-0.39, 0.29) is 6.42 Å². The van der Waals surface area contributed by atoms with Gasteiger partial charge in [-0.1, -0.05) is 30.9 Å². The van der Waals surface area contributed by atoms with Gasteiger partial charge in [0.2, 0.25) is 0 Å². The molecule has 7 nitrogen and oxygen atoms in total. The minimum absolute atomic E-state index is 0.147. The lowest BCUT2D eigenvalue weighted by atomic mass is 10.0. The van der Waals surface area contributed by atoms with Crippen molar-refractivity contribution >= 4 is 5.97 Å². The first-order chi connectivity index (χ1) is 9.54. The second-order valence-electron chi connectivity index (χ2n) is 5.62. The van der Waals surface area contributed by atoms with Gasteiger partial charge in [0.25, 0.3) is 0 Å². The van der Waals surface area contributed by atoms with Crippen LogP contribution < -0.4 is 5.73 Å². The number of nitrogens with two attached hydrogens (primary N) is 1. The second-order valence-corrected chi connectivity index (χ2v) is 5.62. The summed E-state index contributed by atoms with van der Waals surface area (Å²) in [6, 6.07) is -0.969. The molecule has 7 heteroatoms. The molecular weight excluding hydrogens is 260 g/mol. The molecule has 1 saturated carbocycles. The molecule has 4 N–H and O–H groups in total. The number of rotatable bonds is 7. The maximum atomic E-state index is 10.7. The predicted octanol–water partition coefficient (Wildman–Crippen LogP) is 0.174. The first-order valence-electron chi connectivity index (χ1n) is 7.10. The quantitative estimate of drug-likeness (QED) is 0.657. The van der Waals surface area contributed by atoms with Gasteiger partial charge in [-0.05, 0) is 12.3 Å². The number of hydrogen-bond donors (Lipinski definition) is 3. The van der Waals surface area contributed by atoms with Crippen molar-refractivity contribution in [1.82, 2.24) is 15.0 Å². The van der Waals surface area contributed by atoms with Crippen molar-refractivity contribution in [2.24, 2.45) is 11.7 Å². The van der Waals surface area contributed by atoms with Crippen molar-refractivity contribution in [1.29, 1.82) is 0 Å². The van der Waals surface area contributed by atoms with Gasteiger partial charge in [0.15, 0.2) is 0 Å². The van der Waals surface area contributed by atoms with E-state index in [9.17, 15) is 9.90 Å². The molecule has 1 aromatic rings. The number of carboxylic acid groups (broad SMARTS) is 1. The van der Waals surface area contributed by atoms with E-state index in [1.54, 1.807) is 10.9 Å². The third-order valence-electron chi connectivity index (χ3n) is 3.81. The highest BCUT2D eigenvalue weighted by molar-refractivity contribution is 5.73. The lowest BCUT2D eigenvalue weighted by molar-refractivity contribution is -0.138. The van der Waals surface area contributed by atoms with E-state index in [4.69, 9.17) is 10.8 Å². The molecule has 0 amide bonds. The van der Waals surface area contributed by atoms with Crippen molar-refractivity contribution in [3.05, 3.63) is 11.9 Å². The zero-order valence-electron chi connectivity index (χ0n) is 11.5. The average Bonchev–Trinajstić information content (AvgIpc) is 3.01. The van der Waals surface area contributed by atoms with Gasteiger partial charge in [-0.15, -0.1) is 5.10 Å². The second kappa shape index (κ2) is 6.81. The molecule has 1 heterocycles. The van der Waals surface area contributed by atoms with Crippen molar-refractivity contribution in [3.63, 3.8) is 0 Å². The Morgan fingerprint density at radius 1 is 1.50 bits per heavy atom. The number of aromatic nitrogens is 3. The number of aliphatic hydroxyl groups excluding tert-OH is 1. The Morgan fingerprint density at radius 2 is 2.20 bits per heavy atom. The first kappa shape index (κ1) is 14.9. The Morgan fingerprint density at radius 3 is 2.85 bits per heavy atom. The molecule has 0 spiro atoms. The molecule has 0 aromatic carbocycles. The predicted molar refractivity (Wildman–Crippen MR) is 71.9 cm³/mol. The summed E-state index contributed by atoms with van der Waals surface area (Å²) < 4.78 is 1.56. The van der Waals surface area contributed by atoms with Gasteiger partial charge >= 0.3 is 5.97 Å².